The van der Waals surface area contributed by atoms with Gasteiger partial charge in [-0.25, -0.2) is 28.1 Å². The molecule has 0 aromatic carbocycles. The van der Waals surface area contributed by atoms with Crippen LogP contribution in [0, 0.1) is 0 Å². The fourth-order valence-corrected chi connectivity index (χ4v) is 1.43. The summed E-state index contributed by atoms with van der Waals surface area (Å²) < 4.78 is 3.07. The van der Waals surface area contributed by atoms with Crippen LogP contribution in [0.4, 0.5) is 0 Å². The van der Waals surface area contributed by atoms with Crippen LogP contribution in [0.1, 0.15) is 26.8 Å². The first-order valence-corrected chi connectivity index (χ1v) is 4.84. The van der Waals surface area contributed by atoms with Crippen LogP contribution >= 0.6 is 0 Å². The van der Waals surface area contributed by atoms with Gasteiger partial charge < -0.3 is 0 Å². The molecule has 0 unspecified atom stereocenters. The van der Waals surface area contributed by atoms with Crippen molar-refractivity contribution in [1.82, 2.24) is 13.7 Å². The number of rotatable bonds is 2. The van der Waals surface area contributed by atoms with Gasteiger partial charge in [-0.2, -0.15) is 0 Å². The minimum absolute atomic E-state index is 0.255. The van der Waals surface area contributed by atoms with Gasteiger partial charge in [0.1, 0.15) is 0 Å². The second-order valence-corrected chi connectivity index (χ2v) is 3.61. The Balaban J connectivity index is 3.86. The van der Waals surface area contributed by atoms with Crippen LogP contribution in [0.3, 0.4) is 0 Å². The quantitative estimate of drug-likeness (QED) is 0.653. The van der Waals surface area contributed by atoms with E-state index in [0.717, 1.165) is 13.7 Å². The van der Waals surface area contributed by atoms with Crippen molar-refractivity contribution in [3.05, 3.63) is 31.5 Å². The molecule has 0 spiro atoms. The fraction of sp³-hybridized carbons (Fsp3) is 0.667. The fourth-order valence-electron chi connectivity index (χ4n) is 1.43. The Morgan fingerprint density at radius 2 is 1.60 bits per heavy atom. The zero-order valence-corrected chi connectivity index (χ0v) is 9.35. The van der Waals surface area contributed by atoms with E-state index in [-0.39, 0.29) is 12.6 Å². The summed E-state index contributed by atoms with van der Waals surface area (Å²) in [6.07, 6.45) is 0. The summed E-state index contributed by atoms with van der Waals surface area (Å²) in [5.41, 5.74) is -1.67. The standard InChI is InChI=1S/C9H15N3O3/c1-5-11-7(13)10(4)8(14)12(6(2)3)9(11)15/h6H,5H2,1-4H3. The molecule has 1 heterocycles. The van der Waals surface area contributed by atoms with Gasteiger partial charge in [-0.05, 0) is 20.8 Å². The van der Waals surface area contributed by atoms with E-state index in [2.05, 4.69) is 0 Å². The van der Waals surface area contributed by atoms with Crippen LogP contribution in [0.2, 0.25) is 0 Å². The largest absolute Gasteiger partial charge is 0.336 e. The van der Waals surface area contributed by atoms with Gasteiger partial charge in [0.05, 0.1) is 0 Å². The van der Waals surface area contributed by atoms with Gasteiger partial charge in [-0.15, -0.1) is 0 Å². The maximum atomic E-state index is 11.7. The third-order valence-electron chi connectivity index (χ3n) is 2.28. The van der Waals surface area contributed by atoms with Crippen LogP contribution in [0.5, 0.6) is 0 Å². The van der Waals surface area contributed by atoms with Gasteiger partial charge in [0.2, 0.25) is 0 Å². The van der Waals surface area contributed by atoms with Crippen LogP contribution in [-0.4, -0.2) is 13.7 Å². The number of hydrogen-bond donors (Lipinski definition) is 0. The Morgan fingerprint density at radius 3 is 2.00 bits per heavy atom. The first-order valence-electron chi connectivity index (χ1n) is 4.84. The molecule has 0 aliphatic carbocycles. The molecule has 1 aromatic heterocycles. The summed E-state index contributed by atoms with van der Waals surface area (Å²) in [6.45, 7) is 5.41. The van der Waals surface area contributed by atoms with E-state index in [9.17, 15) is 14.4 Å². The lowest BCUT2D eigenvalue weighted by molar-refractivity contribution is 0.444. The molecule has 0 atom stereocenters. The van der Waals surface area contributed by atoms with Gasteiger partial charge in [-0.1, -0.05) is 0 Å². The van der Waals surface area contributed by atoms with Crippen LogP contribution in [-0.2, 0) is 13.6 Å². The first kappa shape index (κ1) is 11.5. The Bertz CT molecular complexity index is 533. The van der Waals surface area contributed by atoms with Gasteiger partial charge in [0, 0.05) is 19.6 Å². The van der Waals surface area contributed by atoms with Gasteiger partial charge in [0.15, 0.2) is 0 Å². The van der Waals surface area contributed by atoms with Gasteiger partial charge in [-0.3, -0.25) is 0 Å². The molecule has 0 aliphatic rings. The molecule has 0 amide bonds. The van der Waals surface area contributed by atoms with Crippen LogP contribution in [0.15, 0.2) is 14.4 Å². The second kappa shape index (κ2) is 3.88. The van der Waals surface area contributed by atoms with Crippen molar-refractivity contribution in [2.45, 2.75) is 33.4 Å². The molecule has 1 aromatic rings. The van der Waals surface area contributed by atoms with E-state index in [1.54, 1.807) is 20.8 Å². The number of nitrogens with zero attached hydrogens (tertiary/aromatic N) is 3. The predicted octanol–water partition coefficient (Wildman–Crippen LogP) is -0.690. The van der Waals surface area contributed by atoms with Crippen molar-refractivity contribution in [3.63, 3.8) is 0 Å². The third-order valence-corrected chi connectivity index (χ3v) is 2.28. The lowest BCUT2D eigenvalue weighted by Crippen LogP contribution is -2.53. The van der Waals surface area contributed by atoms with Crippen molar-refractivity contribution in [1.29, 1.82) is 0 Å². The minimum Gasteiger partial charge on any atom is -0.248 e. The highest BCUT2D eigenvalue weighted by Gasteiger charge is 2.13. The molecule has 0 aliphatic heterocycles. The monoisotopic (exact) mass is 213 g/mol. The zero-order chi connectivity index (χ0) is 11.7. The molecular formula is C9H15N3O3. The van der Waals surface area contributed by atoms with E-state index in [4.69, 9.17) is 0 Å². The zero-order valence-electron chi connectivity index (χ0n) is 9.35. The minimum atomic E-state index is -0.565. The van der Waals surface area contributed by atoms with Crippen molar-refractivity contribution in [2.75, 3.05) is 0 Å². The molecule has 0 radical (unpaired) electrons. The lowest BCUT2D eigenvalue weighted by atomic mass is 10.4. The Kier molecular flexibility index (Phi) is 2.97. The highest BCUT2D eigenvalue weighted by molar-refractivity contribution is 4.79. The van der Waals surface area contributed by atoms with Crippen molar-refractivity contribution in [2.24, 2.45) is 7.05 Å². The first-order chi connectivity index (χ1) is 6.91. The highest BCUT2D eigenvalue weighted by atomic mass is 16.2. The summed E-state index contributed by atoms with van der Waals surface area (Å²) >= 11 is 0. The van der Waals surface area contributed by atoms with Crippen LogP contribution < -0.4 is 17.1 Å². The van der Waals surface area contributed by atoms with Crippen molar-refractivity contribution >= 4 is 0 Å². The lowest BCUT2D eigenvalue weighted by Gasteiger charge is -2.12. The summed E-state index contributed by atoms with van der Waals surface area (Å²) in [4.78, 5) is 34.9. The average molecular weight is 213 g/mol. The maximum Gasteiger partial charge on any atom is 0.336 e. The van der Waals surface area contributed by atoms with Crippen molar-refractivity contribution in [3.8, 4) is 0 Å². The Labute approximate surface area is 86.4 Å². The molecule has 1 rings (SSSR count). The third kappa shape index (κ3) is 1.67. The van der Waals surface area contributed by atoms with E-state index in [1.807, 2.05) is 0 Å². The van der Waals surface area contributed by atoms with Gasteiger partial charge >= 0.3 is 17.1 Å². The average Bonchev–Trinajstić information content (AvgIpc) is 2.15. The van der Waals surface area contributed by atoms with E-state index in [1.165, 1.54) is 7.05 Å². The predicted molar refractivity (Wildman–Crippen MR) is 56.3 cm³/mol. The topological polar surface area (TPSA) is 66.0 Å². The molecule has 0 saturated heterocycles. The van der Waals surface area contributed by atoms with Crippen molar-refractivity contribution < 1.29 is 0 Å². The molecule has 0 N–H and O–H groups in total. The molecule has 15 heavy (non-hydrogen) atoms. The molecule has 6 nitrogen and oxygen atoms in total. The summed E-state index contributed by atoms with van der Waals surface area (Å²) in [6, 6.07) is -0.255. The molecule has 0 bridgehead atoms. The normalized spacial score (nSPS) is 11.0. The SMILES string of the molecule is CCn1c(=O)n(C)c(=O)n(C(C)C)c1=O. The Morgan fingerprint density at radius 1 is 1.07 bits per heavy atom. The van der Waals surface area contributed by atoms with Crippen LogP contribution in [0.25, 0.3) is 0 Å². The second-order valence-electron chi connectivity index (χ2n) is 3.61. The molecule has 0 fully saturated rings. The molecule has 84 valence electrons. The van der Waals surface area contributed by atoms with E-state index >= 15 is 0 Å². The molecule has 6 heteroatoms. The maximum absolute atomic E-state index is 11.7. The van der Waals surface area contributed by atoms with E-state index in [0.29, 0.717) is 0 Å². The summed E-state index contributed by atoms with van der Waals surface area (Å²) in [7, 11) is 1.37. The van der Waals surface area contributed by atoms with E-state index < -0.39 is 17.1 Å². The molecular weight excluding hydrogens is 198 g/mol. The highest BCUT2D eigenvalue weighted by Crippen LogP contribution is 1.92. The summed E-state index contributed by atoms with van der Waals surface area (Å²) in [5.74, 6) is 0. The number of aromatic nitrogens is 3. The van der Waals surface area contributed by atoms with Gasteiger partial charge in [0.25, 0.3) is 0 Å². The summed E-state index contributed by atoms with van der Waals surface area (Å²) in [5, 5.41) is 0. The smallest absolute Gasteiger partial charge is 0.248 e. The Hall–Kier alpha value is -1.59. The molecule has 0 saturated carbocycles. The number of hydrogen-bond acceptors (Lipinski definition) is 3.